The highest BCUT2D eigenvalue weighted by molar-refractivity contribution is 5.59. The lowest BCUT2D eigenvalue weighted by Gasteiger charge is -2.33. The van der Waals surface area contributed by atoms with Gasteiger partial charge in [0.15, 0.2) is 0 Å². The molecular formula is C12H17NO2. The van der Waals surface area contributed by atoms with Gasteiger partial charge in [-0.25, -0.2) is 0 Å². The zero-order chi connectivity index (χ0) is 11.1. The molecule has 0 aliphatic carbocycles. The number of hydrogen-bond donors (Lipinski definition) is 1. The Balaban J connectivity index is 2.44. The number of anilines is 1. The van der Waals surface area contributed by atoms with Crippen LogP contribution in [0, 0.1) is 0 Å². The molecule has 1 aromatic carbocycles. The number of fused-ring (bicyclic) bond motifs is 1. The van der Waals surface area contributed by atoms with Gasteiger partial charge in [-0.05, 0) is 26.7 Å². The van der Waals surface area contributed by atoms with Crippen molar-refractivity contribution in [3.63, 3.8) is 0 Å². The average Bonchev–Trinajstić information content (AvgIpc) is 2.15. The van der Waals surface area contributed by atoms with E-state index in [-0.39, 0.29) is 5.60 Å². The Kier molecular flexibility index (Phi) is 2.25. The SMILES string of the molecule is COc1cc(N)c2c(c1)OC(C)(C)CC2. The third-order valence-electron chi connectivity index (χ3n) is 2.82. The summed E-state index contributed by atoms with van der Waals surface area (Å²) in [6.45, 7) is 4.18. The van der Waals surface area contributed by atoms with Crippen LogP contribution in [0.1, 0.15) is 25.8 Å². The average molecular weight is 207 g/mol. The van der Waals surface area contributed by atoms with E-state index < -0.39 is 0 Å². The summed E-state index contributed by atoms with van der Waals surface area (Å²) in [5, 5.41) is 0. The van der Waals surface area contributed by atoms with Crippen LogP contribution < -0.4 is 15.2 Å². The molecule has 1 heterocycles. The maximum absolute atomic E-state index is 5.95. The van der Waals surface area contributed by atoms with E-state index in [9.17, 15) is 0 Å². The summed E-state index contributed by atoms with van der Waals surface area (Å²) in [4.78, 5) is 0. The van der Waals surface area contributed by atoms with Crippen molar-refractivity contribution in [1.82, 2.24) is 0 Å². The summed E-state index contributed by atoms with van der Waals surface area (Å²) < 4.78 is 11.1. The maximum atomic E-state index is 5.95. The van der Waals surface area contributed by atoms with Gasteiger partial charge in [0.05, 0.1) is 7.11 Å². The molecule has 15 heavy (non-hydrogen) atoms. The van der Waals surface area contributed by atoms with Gasteiger partial charge < -0.3 is 15.2 Å². The largest absolute Gasteiger partial charge is 0.497 e. The van der Waals surface area contributed by atoms with Gasteiger partial charge in [-0.1, -0.05) is 0 Å². The van der Waals surface area contributed by atoms with E-state index in [4.69, 9.17) is 15.2 Å². The first-order chi connectivity index (χ1) is 7.02. The summed E-state index contributed by atoms with van der Waals surface area (Å²) in [5.74, 6) is 1.62. The lowest BCUT2D eigenvalue weighted by atomic mass is 9.93. The van der Waals surface area contributed by atoms with Crippen molar-refractivity contribution in [3.05, 3.63) is 17.7 Å². The van der Waals surface area contributed by atoms with Gasteiger partial charge in [0, 0.05) is 23.4 Å². The third kappa shape index (κ3) is 1.87. The molecule has 0 amide bonds. The van der Waals surface area contributed by atoms with Gasteiger partial charge in [0.1, 0.15) is 17.1 Å². The van der Waals surface area contributed by atoms with E-state index in [0.29, 0.717) is 0 Å². The molecule has 0 saturated heterocycles. The van der Waals surface area contributed by atoms with E-state index in [2.05, 4.69) is 13.8 Å². The van der Waals surface area contributed by atoms with Crippen molar-refractivity contribution in [2.45, 2.75) is 32.3 Å². The number of nitrogen functional groups attached to an aromatic ring is 1. The van der Waals surface area contributed by atoms with Gasteiger partial charge in [-0.3, -0.25) is 0 Å². The van der Waals surface area contributed by atoms with Crippen LogP contribution in [0.25, 0.3) is 0 Å². The molecule has 0 fully saturated rings. The zero-order valence-electron chi connectivity index (χ0n) is 9.46. The summed E-state index contributed by atoms with van der Waals surface area (Å²) in [6.07, 6.45) is 1.97. The Hall–Kier alpha value is -1.38. The second kappa shape index (κ2) is 3.33. The summed E-state index contributed by atoms with van der Waals surface area (Å²) >= 11 is 0. The minimum Gasteiger partial charge on any atom is -0.497 e. The highest BCUT2D eigenvalue weighted by atomic mass is 16.5. The minimum absolute atomic E-state index is 0.105. The fourth-order valence-corrected chi connectivity index (χ4v) is 1.89. The topological polar surface area (TPSA) is 44.5 Å². The van der Waals surface area contributed by atoms with Crippen molar-refractivity contribution in [1.29, 1.82) is 0 Å². The Morgan fingerprint density at radius 2 is 2.13 bits per heavy atom. The minimum atomic E-state index is -0.105. The standard InChI is InChI=1S/C12H17NO2/c1-12(2)5-4-9-10(13)6-8(14-3)7-11(9)15-12/h6-7H,4-5,13H2,1-3H3. The molecule has 3 heteroatoms. The Morgan fingerprint density at radius 1 is 1.40 bits per heavy atom. The molecule has 0 unspecified atom stereocenters. The molecule has 0 aromatic heterocycles. The van der Waals surface area contributed by atoms with Crippen LogP contribution in [-0.4, -0.2) is 12.7 Å². The highest BCUT2D eigenvalue weighted by Crippen LogP contribution is 2.38. The first kappa shape index (κ1) is 10.1. The molecule has 0 radical (unpaired) electrons. The lowest BCUT2D eigenvalue weighted by molar-refractivity contribution is 0.0846. The highest BCUT2D eigenvalue weighted by Gasteiger charge is 2.28. The fourth-order valence-electron chi connectivity index (χ4n) is 1.89. The fraction of sp³-hybridized carbons (Fsp3) is 0.500. The third-order valence-corrected chi connectivity index (χ3v) is 2.82. The molecule has 0 bridgehead atoms. The van der Waals surface area contributed by atoms with Crippen LogP contribution in [0.2, 0.25) is 0 Å². The van der Waals surface area contributed by atoms with Crippen molar-refractivity contribution in [2.24, 2.45) is 0 Å². The molecular weight excluding hydrogens is 190 g/mol. The lowest BCUT2D eigenvalue weighted by Crippen LogP contribution is -2.32. The first-order valence-electron chi connectivity index (χ1n) is 5.17. The van der Waals surface area contributed by atoms with Crippen LogP contribution in [-0.2, 0) is 6.42 Å². The predicted molar refractivity (Wildman–Crippen MR) is 60.4 cm³/mol. The van der Waals surface area contributed by atoms with Crippen LogP contribution in [0.3, 0.4) is 0 Å². The molecule has 1 aliphatic heterocycles. The van der Waals surface area contributed by atoms with Crippen molar-refractivity contribution in [3.8, 4) is 11.5 Å². The van der Waals surface area contributed by atoms with Gasteiger partial charge in [0.2, 0.25) is 0 Å². The Morgan fingerprint density at radius 3 is 2.80 bits per heavy atom. The molecule has 0 atom stereocenters. The normalized spacial score (nSPS) is 17.8. The van der Waals surface area contributed by atoms with Gasteiger partial charge in [-0.2, -0.15) is 0 Å². The summed E-state index contributed by atoms with van der Waals surface area (Å²) in [7, 11) is 1.63. The van der Waals surface area contributed by atoms with Crippen LogP contribution in [0.4, 0.5) is 5.69 Å². The maximum Gasteiger partial charge on any atom is 0.129 e. The van der Waals surface area contributed by atoms with Gasteiger partial charge >= 0.3 is 0 Å². The quantitative estimate of drug-likeness (QED) is 0.719. The van der Waals surface area contributed by atoms with Crippen LogP contribution in [0.15, 0.2) is 12.1 Å². The van der Waals surface area contributed by atoms with E-state index in [1.165, 1.54) is 0 Å². The van der Waals surface area contributed by atoms with Crippen molar-refractivity contribution in [2.75, 3.05) is 12.8 Å². The van der Waals surface area contributed by atoms with E-state index in [1.54, 1.807) is 7.11 Å². The molecule has 0 saturated carbocycles. The Labute approximate surface area is 90.2 Å². The monoisotopic (exact) mass is 207 g/mol. The summed E-state index contributed by atoms with van der Waals surface area (Å²) in [5.41, 5.74) is 7.71. The molecule has 2 N–H and O–H groups in total. The second-order valence-electron chi connectivity index (χ2n) is 4.56. The van der Waals surface area contributed by atoms with E-state index in [1.807, 2.05) is 12.1 Å². The molecule has 1 aromatic rings. The van der Waals surface area contributed by atoms with Crippen LogP contribution in [0.5, 0.6) is 11.5 Å². The number of nitrogens with two attached hydrogens (primary N) is 1. The molecule has 82 valence electrons. The Bertz CT molecular complexity index is 385. The smallest absolute Gasteiger partial charge is 0.129 e. The number of benzene rings is 1. The molecule has 0 spiro atoms. The van der Waals surface area contributed by atoms with Crippen LogP contribution >= 0.6 is 0 Å². The first-order valence-corrected chi connectivity index (χ1v) is 5.17. The number of ether oxygens (including phenoxy) is 2. The van der Waals surface area contributed by atoms with Gasteiger partial charge in [0.25, 0.3) is 0 Å². The summed E-state index contributed by atoms with van der Waals surface area (Å²) in [6, 6.07) is 3.76. The second-order valence-corrected chi connectivity index (χ2v) is 4.56. The zero-order valence-corrected chi connectivity index (χ0v) is 9.46. The predicted octanol–water partition coefficient (Wildman–Crippen LogP) is 2.38. The molecule has 3 nitrogen and oxygen atoms in total. The van der Waals surface area contributed by atoms with Gasteiger partial charge in [-0.15, -0.1) is 0 Å². The number of hydrogen-bond acceptors (Lipinski definition) is 3. The molecule has 2 rings (SSSR count). The van der Waals surface area contributed by atoms with Crippen molar-refractivity contribution >= 4 is 5.69 Å². The number of rotatable bonds is 1. The molecule has 1 aliphatic rings. The van der Waals surface area contributed by atoms with E-state index >= 15 is 0 Å². The van der Waals surface area contributed by atoms with Crippen molar-refractivity contribution < 1.29 is 9.47 Å². The van der Waals surface area contributed by atoms with E-state index in [0.717, 1.165) is 35.6 Å². The number of methoxy groups -OCH3 is 1.